The first-order valence-electron chi connectivity index (χ1n) is 24.2. The fourth-order valence-corrected chi connectivity index (χ4v) is 7.89. The average molecular weight is 913 g/mol. The van der Waals surface area contributed by atoms with Crippen LogP contribution in [0.15, 0.2) is 36.2 Å². The number of carboxylic acid groups (broad SMARTS) is 1. The van der Waals surface area contributed by atoms with Gasteiger partial charge in [-0.05, 0) is 75.3 Å². The number of aliphatic carboxylic acids is 1. The smallest absolute Gasteiger partial charge is 0.326 e. The van der Waals surface area contributed by atoms with E-state index in [4.69, 9.17) is 9.47 Å². The number of Topliss-reactive ketones (excluding diaryl/α,β-unsaturated/α-hetero) is 1. The summed E-state index contributed by atoms with van der Waals surface area (Å²) in [6.07, 6.45) is 12.8. The highest BCUT2D eigenvalue weighted by atomic mass is 19.1. The third-order valence-corrected chi connectivity index (χ3v) is 11.6. The number of unbranched alkanes of at least 4 members (excludes halogenated alkanes) is 1. The van der Waals surface area contributed by atoms with Crippen LogP contribution < -0.4 is 16.0 Å². The predicted octanol–water partition coefficient (Wildman–Crippen LogP) is 10.1. The van der Waals surface area contributed by atoms with E-state index in [0.29, 0.717) is 17.9 Å². The van der Waals surface area contributed by atoms with Gasteiger partial charge in [-0.2, -0.15) is 0 Å². The Kier molecular flexibility index (Phi) is 41.9. The molecule has 1 heterocycles. The van der Waals surface area contributed by atoms with Crippen molar-refractivity contribution in [1.29, 1.82) is 0 Å². The maximum absolute atomic E-state index is 14.0. The quantitative estimate of drug-likeness (QED) is 0.0545. The first-order chi connectivity index (χ1) is 30.3. The van der Waals surface area contributed by atoms with Crippen LogP contribution >= 0.6 is 0 Å². The van der Waals surface area contributed by atoms with Crippen molar-refractivity contribution < 1.29 is 42.9 Å². The molecule has 11 unspecified atom stereocenters. The normalized spacial score (nSPS) is 20.5. The van der Waals surface area contributed by atoms with Crippen LogP contribution in [0.1, 0.15) is 162 Å². The van der Waals surface area contributed by atoms with Gasteiger partial charge in [0.05, 0.1) is 36.8 Å². The van der Waals surface area contributed by atoms with Gasteiger partial charge in [0.25, 0.3) is 0 Å². The predicted molar refractivity (Wildman–Crippen MR) is 264 cm³/mol. The Morgan fingerprint density at radius 1 is 0.953 bits per heavy atom. The second kappa shape index (κ2) is 39.9. The van der Waals surface area contributed by atoms with E-state index in [2.05, 4.69) is 71.0 Å². The molecule has 0 radical (unpaired) electrons. The summed E-state index contributed by atoms with van der Waals surface area (Å²) >= 11 is 0. The lowest BCUT2D eigenvalue weighted by molar-refractivity contribution is -0.144. The molecule has 376 valence electrons. The van der Waals surface area contributed by atoms with Gasteiger partial charge in [-0.15, -0.1) is 0 Å². The summed E-state index contributed by atoms with van der Waals surface area (Å²) in [6, 6.07) is -1.59. The number of ether oxygens (including phenoxy) is 2. The molecule has 0 spiro atoms. The molecular weight excluding hydrogens is 816 g/mol. The lowest BCUT2D eigenvalue weighted by Gasteiger charge is -2.34. The van der Waals surface area contributed by atoms with E-state index in [9.17, 15) is 33.5 Å². The number of hydrogen-bond acceptors (Lipinski definition) is 8. The molecule has 64 heavy (non-hydrogen) atoms. The van der Waals surface area contributed by atoms with Gasteiger partial charge in [-0.25, -0.2) is 9.18 Å². The molecule has 0 aromatic carbocycles. The molecule has 2 aliphatic rings. The van der Waals surface area contributed by atoms with Crippen LogP contribution in [-0.4, -0.2) is 104 Å². The third kappa shape index (κ3) is 24.8. The van der Waals surface area contributed by atoms with E-state index >= 15 is 0 Å². The number of methoxy groups -OCH3 is 2. The number of piperidine rings is 1. The number of amides is 3. The van der Waals surface area contributed by atoms with Crippen molar-refractivity contribution in [3.63, 3.8) is 0 Å². The molecule has 1 aliphatic heterocycles. The topological polar surface area (TPSA) is 163 Å². The van der Waals surface area contributed by atoms with Gasteiger partial charge in [0.2, 0.25) is 18.2 Å². The summed E-state index contributed by atoms with van der Waals surface area (Å²) < 4.78 is 25.2. The van der Waals surface area contributed by atoms with Crippen molar-refractivity contribution in [2.75, 3.05) is 27.8 Å². The number of halogens is 1. The fourth-order valence-electron chi connectivity index (χ4n) is 7.89. The minimum absolute atomic E-state index is 0.0352. The molecule has 0 bridgehead atoms. The monoisotopic (exact) mass is 913 g/mol. The summed E-state index contributed by atoms with van der Waals surface area (Å²) in [4.78, 5) is 59.8. The molecule has 1 aliphatic carbocycles. The molecule has 11 atom stereocenters. The first kappa shape index (κ1) is 67.2. The molecule has 12 nitrogen and oxygen atoms in total. The number of hydrogen-bond donors (Lipinski definition) is 4. The Morgan fingerprint density at radius 3 is 1.89 bits per heavy atom. The number of carboxylic acids is 1. The van der Waals surface area contributed by atoms with E-state index < -0.39 is 35.8 Å². The molecular formula is C51H97FN4O8. The van der Waals surface area contributed by atoms with Crippen LogP contribution in [0.4, 0.5) is 4.39 Å². The first-order valence-corrected chi connectivity index (χ1v) is 24.2. The Hall–Kier alpha value is -3.42. The van der Waals surface area contributed by atoms with Gasteiger partial charge in [0.1, 0.15) is 17.7 Å². The number of rotatable bonds is 24. The van der Waals surface area contributed by atoms with Crippen molar-refractivity contribution in [3.8, 4) is 0 Å². The largest absolute Gasteiger partial charge is 0.480 e. The van der Waals surface area contributed by atoms with Crippen LogP contribution in [0.5, 0.6) is 0 Å². The zero-order valence-corrected chi connectivity index (χ0v) is 43.9. The summed E-state index contributed by atoms with van der Waals surface area (Å²) in [5.41, 5.74) is 0.133. The average Bonchev–Trinajstić information content (AvgIpc) is 3.73. The summed E-state index contributed by atoms with van der Waals surface area (Å²) in [5, 5.41) is 17.5. The molecule has 13 heteroatoms. The lowest BCUT2D eigenvalue weighted by Crippen LogP contribution is -2.51. The second-order valence-corrected chi connectivity index (χ2v) is 16.5. The van der Waals surface area contributed by atoms with Gasteiger partial charge in [0, 0.05) is 26.7 Å². The van der Waals surface area contributed by atoms with Crippen LogP contribution in [0.2, 0.25) is 0 Å². The van der Waals surface area contributed by atoms with Gasteiger partial charge in [-0.1, -0.05) is 147 Å². The van der Waals surface area contributed by atoms with Crippen LogP contribution in [0, 0.1) is 35.5 Å². The number of allylic oxidation sites excluding steroid dienone is 4. The molecule has 3 amide bonds. The number of likely N-dealkylation sites (N-methyl/N-ethyl adjacent to an activating group) is 1. The van der Waals surface area contributed by atoms with Gasteiger partial charge < -0.3 is 35.4 Å². The number of fused-ring (bicyclic) bond motifs is 1. The zero-order valence-electron chi connectivity index (χ0n) is 43.9. The summed E-state index contributed by atoms with van der Waals surface area (Å²) in [5.74, 6) is -0.578. The van der Waals surface area contributed by atoms with Gasteiger partial charge >= 0.3 is 5.97 Å². The van der Waals surface area contributed by atoms with E-state index in [1.54, 1.807) is 18.9 Å². The van der Waals surface area contributed by atoms with Crippen LogP contribution in [-0.2, 0) is 33.4 Å². The minimum Gasteiger partial charge on any atom is -0.480 e. The van der Waals surface area contributed by atoms with Crippen molar-refractivity contribution in [2.24, 2.45) is 35.5 Å². The molecule has 1 saturated heterocycles. The Bertz CT molecular complexity index is 1340. The van der Waals surface area contributed by atoms with Crippen LogP contribution in [0.25, 0.3) is 0 Å². The number of carbonyl (C=O) groups is 5. The molecule has 4 N–H and O–H groups in total. The summed E-state index contributed by atoms with van der Waals surface area (Å²) in [6.45, 7) is 35.6. The Morgan fingerprint density at radius 2 is 1.52 bits per heavy atom. The van der Waals surface area contributed by atoms with E-state index in [1.807, 2.05) is 48.7 Å². The van der Waals surface area contributed by atoms with Crippen molar-refractivity contribution in [3.05, 3.63) is 36.2 Å². The number of nitrogens with one attached hydrogen (secondary N) is 3. The summed E-state index contributed by atoms with van der Waals surface area (Å²) in [7, 11) is 5.07. The fraction of sp³-hybridized carbons (Fsp3) is 0.784. The van der Waals surface area contributed by atoms with Crippen molar-refractivity contribution in [2.45, 2.75) is 199 Å². The van der Waals surface area contributed by atoms with E-state index in [0.717, 1.165) is 31.1 Å². The molecule has 0 aromatic heterocycles. The zero-order chi connectivity index (χ0) is 50.7. The number of nitrogens with zero attached hydrogens (tertiary/aromatic N) is 1. The van der Waals surface area contributed by atoms with Crippen LogP contribution in [0.3, 0.4) is 0 Å². The second-order valence-electron chi connectivity index (χ2n) is 16.5. The minimum atomic E-state index is -1.31. The molecule has 2 fully saturated rings. The van der Waals surface area contributed by atoms with Crippen molar-refractivity contribution >= 4 is 30.0 Å². The third-order valence-electron chi connectivity index (χ3n) is 11.6. The number of likely N-dealkylation sites (tertiary alicyclic amines) is 1. The number of carbonyl (C=O) groups excluding carboxylic acids is 4. The number of ketones is 1. The van der Waals surface area contributed by atoms with Crippen molar-refractivity contribution in [1.82, 2.24) is 20.9 Å². The maximum atomic E-state index is 14.0. The Balaban J connectivity index is -0.000000442. The van der Waals surface area contributed by atoms with E-state index in [1.165, 1.54) is 71.3 Å². The molecule has 1 saturated carbocycles. The van der Waals surface area contributed by atoms with E-state index in [-0.39, 0.29) is 54.3 Å². The van der Waals surface area contributed by atoms with Gasteiger partial charge in [0.15, 0.2) is 0 Å². The SMILES string of the molecule is C=C/C=C(CC(NC(=O)C(C)C(OC)C1CC2C(C)C2N1C=O)C(=O)O)\C(F)=C/C.CC.CC.CCC.CCCCC(C(C)CC)C(CC)OC.CNC(C(=O)NCC(C)=O)C(C)C. The molecule has 2 rings (SSSR count). The maximum Gasteiger partial charge on any atom is 0.326 e. The van der Waals surface area contributed by atoms with Gasteiger partial charge in [-0.3, -0.25) is 19.2 Å². The Labute approximate surface area is 390 Å². The standard InChI is InChI=1S/C22H31FN2O5.C13H28O.C9H18N2O2.C3H8.2C2H6/c1-6-8-14(16(23)7-2)9-17(22(28)29)24-21(27)13(4)20(30-5)18-10-15-12(3)19(15)25(18)11-26;1-6-9-10-12(11(4)7-2)13(8-3)14-5;1-6(2)8(10-4)9(13)11-5-7(3)12;1-3-2;2*1-2/h6-8,11-13,15,17-20H,1,9-10H2,2-5H3,(H,24,27)(H,28,29);11-13H,6-10H2,1-5H3;6,8,10H,5H2,1-4H3,(H,11,13);3H2,1-2H3;2*1-2H3/b14-8-,16-7+;;;;;. The highest BCUT2D eigenvalue weighted by Gasteiger charge is 2.60. The highest BCUT2D eigenvalue weighted by Crippen LogP contribution is 2.53. The molecule has 0 aromatic rings. The highest BCUT2D eigenvalue weighted by molar-refractivity contribution is 5.87. The lowest BCUT2D eigenvalue weighted by atomic mass is 9.82.